The highest BCUT2D eigenvalue weighted by molar-refractivity contribution is 6.48. The molecule has 1 radical (unpaired) electrons. The van der Waals surface area contributed by atoms with Gasteiger partial charge in [0.1, 0.15) is 5.60 Å². The van der Waals surface area contributed by atoms with Gasteiger partial charge in [-0.15, -0.1) is 0 Å². The van der Waals surface area contributed by atoms with Crippen LogP contribution in [0.25, 0.3) is 0 Å². The summed E-state index contributed by atoms with van der Waals surface area (Å²) >= 11 is 0. The molecule has 5 unspecified atom stereocenters. The van der Waals surface area contributed by atoms with Gasteiger partial charge in [-0.25, -0.2) is 0 Å². The number of aliphatic hydroxyl groups excluding tert-OH is 1. The lowest BCUT2D eigenvalue weighted by Crippen LogP contribution is -2.54. The highest BCUT2D eigenvalue weighted by Crippen LogP contribution is 2.59. The van der Waals surface area contributed by atoms with Crippen LogP contribution >= 0.6 is 0 Å². The average Bonchev–Trinajstić information content (AvgIpc) is 3.29. The topological polar surface area (TPSA) is 47.9 Å². The minimum atomic E-state index is -0.917. The highest BCUT2D eigenvalue weighted by Gasteiger charge is 2.64. The zero-order valence-corrected chi connectivity index (χ0v) is 22.5. The number of ether oxygens (including phenoxy) is 2. The van der Waals surface area contributed by atoms with E-state index in [1.54, 1.807) is 0 Å². The molecule has 2 saturated carbocycles. The van der Waals surface area contributed by atoms with Gasteiger partial charge in [0.25, 0.3) is 0 Å². The summed E-state index contributed by atoms with van der Waals surface area (Å²) in [5.74, 6) is 7.29. The Kier molecular flexibility index (Phi) is 8.94. The van der Waals surface area contributed by atoms with Crippen molar-refractivity contribution in [2.45, 2.75) is 122 Å². The van der Waals surface area contributed by atoms with Crippen LogP contribution < -0.4 is 0 Å². The molecule has 183 valence electrons. The summed E-state index contributed by atoms with van der Waals surface area (Å²) in [7, 11) is -0.917. The summed E-state index contributed by atoms with van der Waals surface area (Å²) in [4.78, 5) is 0. The summed E-state index contributed by atoms with van der Waals surface area (Å²) in [6, 6.07) is 0. The van der Waals surface area contributed by atoms with Gasteiger partial charge in [0, 0.05) is 23.7 Å². The molecule has 3 fully saturated rings. The third kappa shape index (κ3) is 5.63. The van der Waals surface area contributed by atoms with E-state index in [4.69, 9.17) is 13.9 Å². The van der Waals surface area contributed by atoms with E-state index in [9.17, 15) is 5.11 Å². The fourth-order valence-electron chi connectivity index (χ4n) is 5.90. The van der Waals surface area contributed by atoms with E-state index in [0.29, 0.717) is 13.2 Å². The van der Waals surface area contributed by atoms with Crippen molar-refractivity contribution in [3.05, 3.63) is 0 Å². The molecule has 2 aliphatic carbocycles. The Morgan fingerprint density at radius 2 is 1.66 bits per heavy atom. The molecule has 0 amide bonds. The van der Waals surface area contributed by atoms with E-state index < -0.39 is 20.4 Å². The van der Waals surface area contributed by atoms with Crippen molar-refractivity contribution in [1.82, 2.24) is 0 Å². The Hall–Kier alpha value is -0.383. The van der Waals surface area contributed by atoms with Crippen LogP contribution in [-0.4, -0.2) is 44.9 Å². The van der Waals surface area contributed by atoms with Crippen molar-refractivity contribution < 1.29 is 19.0 Å². The number of hydrogen-bond acceptors (Lipinski definition) is 4. The maximum Gasteiger partial charge on any atom is 0.207 e. The lowest BCUT2D eigenvalue weighted by Gasteiger charge is -2.48. The minimum absolute atomic E-state index is 0.0130. The van der Waals surface area contributed by atoms with Gasteiger partial charge in [-0.1, -0.05) is 78.1 Å². The fraction of sp³-hybridized carbons (Fsp3) is 0.926. The average molecular weight is 464 g/mol. The lowest BCUT2D eigenvalue weighted by molar-refractivity contribution is -0.275. The second-order valence-corrected chi connectivity index (χ2v) is 13.6. The van der Waals surface area contributed by atoms with E-state index in [0.717, 1.165) is 25.7 Å². The molecule has 1 saturated heterocycles. The number of hydrogen-bond donors (Lipinski definition) is 1. The van der Waals surface area contributed by atoms with Gasteiger partial charge in [0.05, 0.1) is 19.3 Å². The number of unbranched alkanes of at least 4 members (excludes halogenated alkanes) is 6. The van der Waals surface area contributed by atoms with Gasteiger partial charge < -0.3 is 19.0 Å². The molecule has 1 N–H and O–H groups in total. The first-order valence-electron chi connectivity index (χ1n) is 13.1. The van der Waals surface area contributed by atoms with Crippen LogP contribution in [0.15, 0.2) is 0 Å². The minimum Gasteiger partial charge on any atom is -0.401 e. The van der Waals surface area contributed by atoms with Crippen LogP contribution in [0, 0.1) is 35.0 Å². The van der Waals surface area contributed by atoms with Crippen molar-refractivity contribution in [1.29, 1.82) is 0 Å². The molecule has 0 aromatic carbocycles. The van der Waals surface area contributed by atoms with Gasteiger partial charge in [0.15, 0.2) is 5.79 Å². The fourth-order valence-corrected chi connectivity index (χ4v) is 7.06. The van der Waals surface area contributed by atoms with E-state index in [2.05, 4.69) is 52.6 Å². The van der Waals surface area contributed by atoms with Crippen LogP contribution in [-0.2, 0) is 13.9 Å². The molecular weight excluding hydrogens is 416 g/mol. The van der Waals surface area contributed by atoms with Crippen molar-refractivity contribution >= 4 is 9.04 Å². The standard InChI is InChI=1S/C27H47O4Si/c1-7-8-9-10-11-12-13-15-26(25(2,3)4,31-32(5)6)16-14-21-19-23-22(24(21)28)20-27(23)29-17-18-30-27/h21-24,28H,7-13,15,17-20H2,1-6H3. The molecule has 1 aliphatic heterocycles. The number of fused-ring (bicyclic) bond motifs is 2. The first-order chi connectivity index (χ1) is 15.1. The Morgan fingerprint density at radius 3 is 2.25 bits per heavy atom. The van der Waals surface area contributed by atoms with Crippen LogP contribution in [0.1, 0.15) is 91.9 Å². The van der Waals surface area contributed by atoms with Crippen LogP contribution in [0.3, 0.4) is 0 Å². The number of rotatable bonds is 10. The Bertz CT molecular complexity index is 655. The first kappa shape index (κ1) is 26.2. The second kappa shape index (κ2) is 10.9. The molecule has 3 aliphatic rings. The van der Waals surface area contributed by atoms with E-state index >= 15 is 0 Å². The van der Waals surface area contributed by atoms with Crippen LogP contribution in [0.5, 0.6) is 0 Å². The predicted octanol–water partition coefficient (Wildman–Crippen LogP) is 5.94. The Balaban J connectivity index is 1.68. The van der Waals surface area contributed by atoms with Gasteiger partial charge in [-0.3, -0.25) is 0 Å². The summed E-state index contributed by atoms with van der Waals surface area (Å²) in [6.07, 6.45) is 11.3. The SMILES string of the molecule is CCCCCCCCCC(C#CC1CC2C(CC23OCCO3)C1O)(O[Si](C)C)C(C)(C)C. The zero-order chi connectivity index (χ0) is 23.4. The normalized spacial score (nSPS) is 30.6. The highest BCUT2D eigenvalue weighted by atomic mass is 28.3. The van der Waals surface area contributed by atoms with Gasteiger partial charge in [0.2, 0.25) is 9.04 Å². The maximum absolute atomic E-state index is 11.0. The molecule has 0 aromatic heterocycles. The van der Waals surface area contributed by atoms with E-state index in [1.807, 2.05) is 0 Å². The van der Waals surface area contributed by atoms with Crippen LogP contribution in [0.4, 0.5) is 0 Å². The van der Waals surface area contributed by atoms with E-state index in [1.165, 1.54) is 38.5 Å². The molecule has 3 rings (SSSR count). The molecular formula is C27H47O4Si. The second-order valence-electron chi connectivity index (χ2n) is 11.5. The van der Waals surface area contributed by atoms with Gasteiger partial charge in [-0.2, -0.15) is 0 Å². The smallest absolute Gasteiger partial charge is 0.207 e. The lowest BCUT2D eigenvalue weighted by atomic mass is 9.69. The Morgan fingerprint density at radius 1 is 1.03 bits per heavy atom. The molecule has 0 bridgehead atoms. The van der Waals surface area contributed by atoms with Crippen LogP contribution in [0.2, 0.25) is 13.1 Å². The number of aliphatic hydroxyl groups is 1. The molecule has 1 spiro atoms. The zero-order valence-electron chi connectivity index (χ0n) is 21.5. The van der Waals surface area contributed by atoms with Crippen molar-refractivity contribution in [3.63, 3.8) is 0 Å². The third-order valence-electron chi connectivity index (χ3n) is 7.92. The molecule has 4 nitrogen and oxygen atoms in total. The van der Waals surface area contributed by atoms with Gasteiger partial charge >= 0.3 is 0 Å². The maximum atomic E-state index is 11.0. The van der Waals surface area contributed by atoms with Crippen molar-refractivity contribution in [3.8, 4) is 11.8 Å². The summed E-state index contributed by atoms with van der Waals surface area (Å²) in [5, 5.41) is 11.0. The molecule has 0 aromatic rings. The third-order valence-corrected chi connectivity index (χ3v) is 8.68. The Labute approximate surface area is 198 Å². The molecule has 5 atom stereocenters. The monoisotopic (exact) mass is 463 g/mol. The summed E-state index contributed by atoms with van der Waals surface area (Å²) in [6.45, 7) is 14.8. The molecule has 1 heterocycles. The first-order valence-corrected chi connectivity index (χ1v) is 15.5. The van der Waals surface area contributed by atoms with Gasteiger partial charge in [-0.05, 0) is 38.3 Å². The van der Waals surface area contributed by atoms with Crippen molar-refractivity contribution in [2.75, 3.05) is 13.2 Å². The summed E-state index contributed by atoms with van der Waals surface area (Å²) < 4.78 is 18.6. The largest absolute Gasteiger partial charge is 0.401 e. The van der Waals surface area contributed by atoms with E-state index in [-0.39, 0.29) is 29.3 Å². The van der Waals surface area contributed by atoms with Crippen molar-refractivity contribution in [2.24, 2.45) is 23.2 Å². The summed E-state index contributed by atoms with van der Waals surface area (Å²) in [5.41, 5.74) is -0.529. The quantitative estimate of drug-likeness (QED) is 0.247. The predicted molar refractivity (Wildman–Crippen MR) is 131 cm³/mol. The molecule has 5 heteroatoms. The molecule has 32 heavy (non-hydrogen) atoms.